The Labute approximate surface area is 126 Å². The molecule has 2 bridgehead atoms. The first-order valence-corrected chi connectivity index (χ1v) is 9.15. The van der Waals surface area contributed by atoms with E-state index in [-0.39, 0.29) is 4.75 Å². The van der Waals surface area contributed by atoms with E-state index < -0.39 is 0 Å². The first-order valence-electron chi connectivity index (χ1n) is 7.92. The molecule has 3 atom stereocenters. The van der Waals surface area contributed by atoms with Crippen LogP contribution in [0.1, 0.15) is 38.5 Å². The maximum Gasteiger partial charge on any atom is 0.155 e. The zero-order valence-electron chi connectivity index (χ0n) is 12.4. The van der Waals surface area contributed by atoms with Crippen molar-refractivity contribution >= 4 is 17.6 Å². The molecule has 2 aliphatic carbocycles. The van der Waals surface area contributed by atoms with Crippen molar-refractivity contribution in [3.63, 3.8) is 0 Å². The summed E-state index contributed by atoms with van der Waals surface area (Å²) in [4.78, 5) is 2.62. The quantitative estimate of drug-likeness (QED) is 0.362. The zero-order chi connectivity index (χ0) is 14.2. The van der Waals surface area contributed by atoms with E-state index in [1.165, 1.54) is 32.2 Å². The number of likely N-dealkylation sites (tertiary alicyclic amines) is 1. The van der Waals surface area contributed by atoms with Crippen LogP contribution in [0, 0.1) is 17.8 Å². The summed E-state index contributed by atoms with van der Waals surface area (Å²) in [5.74, 6) is 3.40. The Balaban J connectivity index is 1.53. The van der Waals surface area contributed by atoms with Gasteiger partial charge in [0.05, 0.1) is 4.75 Å². The third kappa shape index (κ3) is 2.54. The average Bonchev–Trinajstić information content (AvgIpc) is 3.10. The third-order valence-corrected chi connectivity index (χ3v) is 7.41. The largest absolute Gasteiger partial charge is 0.409 e. The van der Waals surface area contributed by atoms with E-state index in [4.69, 9.17) is 10.9 Å². The molecule has 3 fully saturated rings. The highest BCUT2D eigenvalue weighted by Gasteiger charge is 2.42. The number of amidine groups is 1. The summed E-state index contributed by atoms with van der Waals surface area (Å²) >= 11 is 1.74. The van der Waals surface area contributed by atoms with Crippen molar-refractivity contribution in [1.82, 2.24) is 4.90 Å². The van der Waals surface area contributed by atoms with Gasteiger partial charge in [-0.2, -0.15) is 11.8 Å². The van der Waals surface area contributed by atoms with Gasteiger partial charge in [-0.1, -0.05) is 11.6 Å². The minimum Gasteiger partial charge on any atom is -0.409 e. The van der Waals surface area contributed by atoms with E-state index in [9.17, 15) is 0 Å². The molecule has 0 aromatic rings. The molecule has 1 heterocycles. The molecule has 4 nitrogen and oxygen atoms in total. The maximum atomic E-state index is 8.99. The number of piperidine rings is 1. The van der Waals surface area contributed by atoms with Gasteiger partial charge in [-0.3, -0.25) is 0 Å². The van der Waals surface area contributed by atoms with Crippen LogP contribution in [0.25, 0.3) is 0 Å². The van der Waals surface area contributed by atoms with Gasteiger partial charge in [0.15, 0.2) is 5.84 Å². The van der Waals surface area contributed by atoms with Crippen molar-refractivity contribution in [3.05, 3.63) is 0 Å². The number of hydrogen-bond acceptors (Lipinski definition) is 4. The minimum atomic E-state index is -0.139. The number of nitrogens with two attached hydrogens (primary N) is 1. The van der Waals surface area contributed by atoms with Gasteiger partial charge >= 0.3 is 0 Å². The molecule has 114 valence electrons. The highest BCUT2D eigenvalue weighted by atomic mass is 32.2. The predicted octanol–water partition coefficient (Wildman–Crippen LogP) is 2.37. The van der Waals surface area contributed by atoms with Crippen molar-refractivity contribution in [3.8, 4) is 0 Å². The van der Waals surface area contributed by atoms with Crippen LogP contribution in [0.15, 0.2) is 5.16 Å². The summed E-state index contributed by atoms with van der Waals surface area (Å²) < 4.78 is -0.139. The number of oxime groups is 1. The number of fused-ring (bicyclic) bond motifs is 2. The summed E-state index contributed by atoms with van der Waals surface area (Å²) in [7, 11) is 0. The van der Waals surface area contributed by atoms with Crippen LogP contribution in [-0.4, -0.2) is 46.6 Å². The molecular formula is C15H27N3OS. The fourth-order valence-corrected chi connectivity index (χ4v) is 5.53. The van der Waals surface area contributed by atoms with Crippen LogP contribution in [0.2, 0.25) is 0 Å². The van der Waals surface area contributed by atoms with Gasteiger partial charge < -0.3 is 15.8 Å². The van der Waals surface area contributed by atoms with Crippen molar-refractivity contribution in [1.29, 1.82) is 0 Å². The number of thioether (sulfide) groups is 1. The van der Waals surface area contributed by atoms with Crippen molar-refractivity contribution in [2.45, 2.75) is 43.3 Å². The molecule has 0 aromatic carbocycles. The van der Waals surface area contributed by atoms with Gasteiger partial charge in [0, 0.05) is 6.54 Å². The van der Waals surface area contributed by atoms with E-state index in [0.29, 0.717) is 5.84 Å². The Morgan fingerprint density at radius 2 is 2.10 bits per heavy atom. The molecule has 0 radical (unpaired) electrons. The normalized spacial score (nSPS) is 37.5. The summed E-state index contributed by atoms with van der Waals surface area (Å²) in [6.45, 7) is 3.46. The lowest BCUT2D eigenvalue weighted by atomic mass is 9.87. The second-order valence-electron chi connectivity index (χ2n) is 6.92. The van der Waals surface area contributed by atoms with E-state index in [1.807, 2.05) is 0 Å². The molecule has 0 aromatic heterocycles. The monoisotopic (exact) mass is 297 g/mol. The second-order valence-corrected chi connectivity index (χ2v) is 8.11. The maximum absolute atomic E-state index is 8.99. The summed E-state index contributed by atoms with van der Waals surface area (Å²) in [5, 5.41) is 12.3. The molecule has 3 N–H and O–H groups in total. The molecule has 0 spiro atoms. The fraction of sp³-hybridized carbons (Fsp3) is 0.933. The molecule has 3 rings (SSSR count). The van der Waals surface area contributed by atoms with Crippen LogP contribution in [0.3, 0.4) is 0 Å². The molecular weight excluding hydrogens is 270 g/mol. The lowest BCUT2D eigenvalue weighted by molar-refractivity contribution is 0.159. The van der Waals surface area contributed by atoms with Crippen molar-refractivity contribution in [2.24, 2.45) is 28.6 Å². The first-order chi connectivity index (χ1) is 9.66. The summed E-state index contributed by atoms with van der Waals surface area (Å²) in [6, 6.07) is 0. The van der Waals surface area contributed by atoms with Crippen LogP contribution in [0.5, 0.6) is 0 Å². The SMILES string of the molecule is CSC1(C(N)=NO)CCN(CC2CC3CCC2C3)CC1. The van der Waals surface area contributed by atoms with Gasteiger partial charge in [-0.25, -0.2) is 0 Å². The summed E-state index contributed by atoms with van der Waals surface area (Å²) in [5.41, 5.74) is 5.91. The first kappa shape index (κ1) is 14.5. The third-order valence-electron chi connectivity index (χ3n) is 6.01. The Morgan fingerprint density at radius 1 is 1.35 bits per heavy atom. The Kier molecular flexibility index (Phi) is 4.18. The Morgan fingerprint density at radius 3 is 2.60 bits per heavy atom. The molecule has 2 saturated carbocycles. The van der Waals surface area contributed by atoms with E-state index in [2.05, 4.69) is 16.3 Å². The van der Waals surface area contributed by atoms with Crippen LogP contribution in [0.4, 0.5) is 0 Å². The van der Waals surface area contributed by atoms with Crippen molar-refractivity contribution < 1.29 is 5.21 Å². The van der Waals surface area contributed by atoms with E-state index in [0.717, 1.165) is 43.7 Å². The Bertz CT molecular complexity index is 379. The van der Waals surface area contributed by atoms with E-state index in [1.54, 1.807) is 11.8 Å². The molecule has 1 aliphatic heterocycles. The number of nitrogens with zero attached hydrogens (tertiary/aromatic N) is 2. The minimum absolute atomic E-state index is 0.139. The molecule has 20 heavy (non-hydrogen) atoms. The van der Waals surface area contributed by atoms with Gasteiger partial charge in [-0.05, 0) is 69.2 Å². The highest BCUT2D eigenvalue weighted by Crippen LogP contribution is 2.48. The van der Waals surface area contributed by atoms with Gasteiger partial charge in [0.2, 0.25) is 0 Å². The highest BCUT2D eigenvalue weighted by molar-refractivity contribution is 8.00. The van der Waals surface area contributed by atoms with Crippen LogP contribution < -0.4 is 5.73 Å². The molecule has 1 saturated heterocycles. The number of hydrogen-bond donors (Lipinski definition) is 2. The lowest BCUT2D eigenvalue weighted by Crippen LogP contribution is -2.51. The topological polar surface area (TPSA) is 61.9 Å². The van der Waals surface area contributed by atoms with Gasteiger partial charge in [-0.15, -0.1) is 0 Å². The zero-order valence-corrected chi connectivity index (χ0v) is 13.2. The number of rotatable bonds is 4. The summed E-state index contributed by atoms with van der Waals surface area (Å²) in [6.07, 6.45) is 10.0. The van der Waals surface area contributed by atoms with Crippen LogP contribution in [-0.2, 0) is 0 Å². The van der Waals surface area contributed by atoms with E-state index >= 15 is 0 Å². The molecule has 3 aliphatic rings. The lowest BCUT2D eigenvalue weighted by Gasteiger charge is -2.41. The Hall–Kier alpha value is -0.420. The average molecular weight is 297 g/mol. The van der Waals surface area contributed by atoms with Crippen molar-refractivity contribution in [2.75, 3.05) is 25.9 Å². The fourth-order valence-electron chi connectivity index (χ4n) is 4.68. The molecule has 3 unspecified atom stereocenters. The molecule has 5 heteroatoms. The smallest absolute Gasteiger partial charge is 0.155 e. The molecule has 0 amide bonds. The van der Waals surface area contributed by atoms with Gasteiger partial charge in [0.1, 0.15) is 0 Å². The van der Waals surface area contributed by atoms with Gasteiger partial charge in [0.25, 0.3) is 0 Å². The van der Waals surface area contributed by atoms with Crippen LogP contribution >= 0.6 is 11.8 Å². The standard InChI is InChI=1S/C15H27N3OS/c1-20-15(14(16)17-19)4-6-18(7-5-15)10-13-9-11-2-3-12(13)8-11/h11-13,19H,2-10H2,1H3,(H2,16,17). The predicted molar refractivity (Wildman–Crippen MR) is 84.3 cm³/mol. The second kappa shape index (κ2) is 5.76.